The Morgan fingerprint density at radius 3 is 2.83 bits per heavy atom. The van der Waals surface area contributed by atoms with Gasteiger partial charge in [-0.1, -0.05) is 41.4 Å². The highest BCUT2D eigenvalue weighted by Crippen LogP contribution is 2.45. The zero-order valence-corrected chi connectivity index (χ0v) is 21.7. The first-order valence-corrected chi connectivity index (χ1v) is 13.3. The molecule has 1 saturated heterocycles. The van der Waals surface area contributed by atoms with E-state index in [0.29, 0.717) is 35.3 Å². The number of aldehydes is 1. The number of halogens is 3. The Kier molecular flexibility index (Phi) is 7.65. The molecule has 2 fully saturated rings. The Hall–Kier alpha value is -2.41. The second kappa shape index (κ2) is 10.9. The van der Waals surface area contributed by atoms with Crippen molar-refractivity contribution >= 4 is 40.7 Å². The van der Waals surface area contributed by atoms with E-state index in [2.05, 4.69) is 17.0 Å². The molecule has 1 aromatic carbocycles. The molecule has 2 aliphatic carbocycles. The molecule has 0 spiro atoms. The van der Waals surface area contributed by atoms with Crippen LogP contribution in [0.1, 0.15) is 72.3 Å². The summed E-state index contributed by atoms with van der Waals surface area (Å²) in [5, 5.41) is 5.71. The average Bonchev–Trinajstić information content (AvgIpc) is 3.67. The number of nitrogens with zero attached hydrogens (tertiary/aromatic N) is 2. The summed E-state index contributed by atoms with van der Waals surface area (Å²) in [4.78, 5) is 13.1. The van der Waals surface area contributed by atoms with Crippen LogP contribution in [0.4, 0.5) is 10.1 Å². The maximum absolute atomic E-state index is 14.2. The van der Waals surface area contributed by atoms with Crippen LogP contribution in [0.25, 0.3) is 5.57 Å². The highest BCUT2D eigenvalue weighted by atomic mass is 35.5. The number of rotatable bonds is 8. The number of carbonyl (C=O) groups is 1. The summed E-state index contributed by atoms with van der Waals surface area (Å²) in [6, 6.07) is 4.80. The summed E-state index contributed by atoms with van der Waals surface area (Å²) in [6.45, 7) is 4.05. The first-order valence-electron chi connectivity index (χ1n) is 12.5. The van der Waals surface area contributed by atoms with Crippen LogP contribution < -0.4 is 4.90 Å². The van der Waals surface area contributed by atoms with E-state index in [4.69, 9.17) is 32.5 Å². The summed E-state index contributed by atoms with van der Waals surface area (Å²) in [6.07, 6.45) is 10.5. The zero-order valence-electron chi connectivity index (χ0n) is 20.2. The SMILES string of the molecule is CCC1CN(c2ccc(C=O)c(F)c2)CCC1OCc1c(C2=C(Cl)C=CC=C(Cl)C2)noc1C1CC1. The molecule has 0 radical (unpaired) electrons. The van der Waals surface area contributed by atoms with E-state index in [1.165, 1.54) is 12.1 Å². The number of carbonyl (C=O) groups excluding carboxylic acids is 1. The lowest BCUT2D eigenvalue weighted by Crippen LogP contribution is -2.44. The van der Waals surface area contributed by atoms with Crippen LogP contribution in [-0.4, -0.2) is 30.6 Å². The molecule has 0 N–H and O–H groups in total. The molecule has 0 bridgehead atoms. The van der Waals surface area contributed by atoms with E-state index in [9.17, 15) is 9.18 Å². The summed E-state index contributed by atoms with van der Waals surface area (Å²) < 4.78 is 26.5. The molecule has 2 unspecified atom stereocenters. The highest BCUT2D eigenvalue weighted by Gasteiger charge is 2.35. The van der Waals surface area contributed by atoms with Gasteiger partial charge in [0.1, 0.15) is 17.3 Å². The number of hydrogen-bond donors (Lipinski definition) is 0. The highest BCUT2D eigenvalue weighted by molar-refractivity contribution is 6.35. The average molecular weight is 531 g/mol. The van der Waals surface area contributed by atoms with Gasteiger partial charge in [0.25, 0.3) is 0 Å². The van der Waals surface area contributed by atoms with E-state index in [-0.39, 0.29) is 17.6 Å². The van der Waals surface area contributed by atoms with Crippen LogP contribution in [-0.2, 0) is 11.3 Å². The number of allylic oxidation sites excluding steroid dienone is 6. The number of ether oxygens (including phenoxy) is 1. The van der Waals surface area contributed by atoms with Gasteiger partial charge in [0.05, 0.1) is 18.3 Å². The largest absolute Gasteiger partial charge is 0.373 e. The predicted molar refractivity (Wildman–Crippen MR) is 140 cm³/mol. The number of benzene rings is 1. The molecule has 1 aromatic heterocycles. The monoisotopic (exact) mass is 530 g/mol. The van der Waals surface area contributed by atoms with Crippen molar-refractivity contribution in [3.63, 3.8) is 0 Å². The Morgan fingerprint density at radius 2 is 2.11 bits per heavy atom. The first-order chi connectivity index (χ1) is 17.5. The second-order valence-corrected chi connectivity index (χ2v) is 10.6. The maximum atomic E-state index is 14.2. The molecular formula is C28H29Cl2FN2O3. The van der Waals surface area contributed by atoms with Crippen LogP contribution in [0.3, 0.4) is 0 Å². The summed E-state index contributed by atoms with van der Waals surface area (Å²) in [5.74, 6) is 1.06. The molecule has 36 heavy (non-hydrogen) atoms. The van der Waals surface area contributed by atoms with Gasteiger partial charge in [-0.05, 0) is 56.0 Å². The van der Waals surface area contributed by atoms with Crippen LogP contribution in [0.15, 0.2) is 51.0 Å². The molecule has 2 atom stereocenters. The first kappa shape index (κ1) is 25.2. The molecular weight excluding hydrogens is 502 g/mol. The Labute approximate surface area is 220 Å². The zero-order chi connectivity index (χ0) is 25.2. The lowest BCUT2D eigenvalue weighted by atomic mass is 9.91. The van der Waals surface area contributed by atoms with Crippen LogP contribution in [0.5, 0.6) is 0 Å². The summed E-state index contributed by atoms with van der Waals surface area (Å²) in [7, 11) is 0. The quantitative estimate of drug-likeness (QED) is 0.333. The van der Waals surface area contributed by atoms with Gasteiger partial charge < -0.3 is 14.2 Å². The van der Waals surface area contributed by atoms with Gasteiger partial charge in [0, 0.05) is 58.2 Å². The van der Waals surface area contributed by atoms with E-state index in [1.54, 1.807) is 0 Å². The molecule has 0 amide bonds. The van der Waals surface area contributed by atoms with Gasteiger partial charge in [-0.2, -0.15) is 0 Å². The minimum Gasteiger partial charge on any atom is -0.373 e. The topological polar surface area (TPSA) is 55.6 Å². The number of piperidine rings is 1. The molecule has 3 aliphatic rings. The van der Waals surface area contributed by atoms with Gasteiger partial charge in [-0.3, -0.25) is 4.79 Å². The Morgan fingerprint density at radius 1 is 1.28 bits per heavy atom. The minimum atomic E-state index is -0.488. The van der Waals surface area contributed by atoms with Crippen molar-refractivity contribution in [2.24, 2.45) is 5.92 Å². The molecule has 5 rings (SSSR count). The van der Waals surface area contributed by atoms with Crippen molar-refractivity contribution in [2.75, 3.05) is 18.0 Å². The molecule has 190 valence electrons. The van der Waals surface area contributed by atoms with Gasteiger partial charge in [0.15, 0.2) is 6.29 Å². The van der Waals surface area contributed by atoms with Crippen molar-refractivity contribution in [1.82, 2.24) is 5.16 Å². The van der Waals surface area contributed by atoms with E-state index >= 15 is 0 Å². The fraction of sp³-hybridized carbons (Fsp3) is 0.429. The summed E-state index contributed by atoms with van der Waals surface area (Å²) >= 11 is 13.0. The third kappa shape index (κ3) is 5.31. The molecule has 1 saturated carbocycles. The van der Waals surface area contributed by atoms with Crippen LogP contribution in [0.2, 0.25) is 0 Å². The van der Waals surface area contributed by atoms with E-state index in [1.807, 2.05) is 24.3 Å². The van der Waals surface area contributed by atoms with Gasteiger partial charge >= 0.3 is 0 Å². The van der Waals surface area contributed by atoms with Crippen LogP contribution >= 0.6 is 23.2 Å². The fourth-order valence-corrected chi connectivity index (χ4v) is 5.50. The molecule has 8 heteroatoms. The molecule has 2 heterocycles. The van der Waals surface area contributed by atoms with Gasteiger partial charge in [-0.25, -0.2) is 4.39 Å². The van der Waals surface area contributed by atoms with E-state index in [0.717, 1.165) is 67.1 Å². The van der Waals surface area contributed by atoms with Crippen molar-refractivity contribution in [2.45, 2.75) is 57.7 Å². The Balaban J connectivity index is 1.32. The smallest absolute Gasteiger partial charge is 0.152 e. The number of aromatic nitrogens is 1. The van der Waals surface area contributed by atoms with Crippen molar-refractivity contribution < 1.29 is 18.4 Å². The van der Waals surface area contributed by atoms with Crippen molar-refractivity contribution in [3.05, 3.63) is 74.9 Å². The molecule has 1 aliphatic heterocycles. The molecule has 2 aromatic rings. The van der Waals surface area contributed by atoms with E-state index < -0.39 is 5.82 Å². The normalized spacial score (nSPS) is 22.6. The lowest BCUT2D eigenvalue weighted by molar-refractivity contribution is -0.0119. The van der Waals surface area contributed by atoms with Gasteiger partial charge in [0.2, 0.25) is 0 Å². The fourth-order valence-electron chi connectivity index (χ4n) is 5.07. The van der Waals surface area contributed by atoms with Crippen molar-refractivity contribution in [3.8, 4) is 0 Å². The molecule has 5 nitrogen and oxygen atoms in total. The van der Waals surface area contributed by atoms with Crippen molar-refractivity contribution in [1.29, 1.82) is 0 Å². The standard InChI is InChI=1S/C28H29Cl2FN2O3/c1-2-17-14-33(21-9-8-19(15-34)25(31)13-21)11-10-26(17)35-16-23-27(32-36-28(23)18-6-7-18)22-12-20(29)4-3-5-24(22)30/h3-5,8-9,13,15,17-18,26H,2,6-7,10-12,14,16H2,1H3. The minimum absolute atomic E-state index is 0.0575. The summed E-state index contributed by atoms with van der Waals surface area (Å²) in [5.41, 5.74) is 3.42. The third-order valence-corrected chi connectivity index (χ3v) is 7.93. The maximum Gasteiger partial charge on any atom is 0.152 e. The number of anilines is 1. The lowest BCUT2D eigenvalue weighted by Gasteiger charge is -2.39. The number of hydrogen-bond acceptors (Lipinski definition) is 5. The predicted octanol–water partition coefficient (Wildman–Crippen LogP) is 7.36. The van der Waals surface area contributed by atoms with Gasteiger partial charge in [-0.15, -0.1) is 0 Å². The second-order valence-electron chi connectivity index (χ2n) is 9.70. The Bertz CT molecular complexity index is 1230. The third-order valence-electron chi connectivity index (χ3n) is 7.31. The van der Waals surface area contributed by atoms with Crippen LogP contribution in [0, 0.1) is 11.7 Å².